The fraction of sp³-hybridized carbons (Fsp3) is 0.375. The van der Waals surface area contributed by atoms with Gasteiger partial charge in [0.05, 0.1) is 0 Å². The molecule has 0 aromatic carbocycles. The Bertz CT molecular complexity index is 880. The number of carbonyl (C=O) groups is 2. The van der Waals surface area contributed by atoms with Crippen LogP contribution in [0.15, 0.2) is 38.5 Å². The van der Waals surface area contributed by atoms with E-state index in [-0.39, 0.29) is 24.9 Å². The van der Waals surface area contributed by atoms with Crippen LogP contribution in [0, 0.1) is 5.92 Å². The maximum atomic E-state index is 12.5. The first-order valence-electron chi connectivity index (χ1n) is 8.00. The molecule has 1 aliphatic heterocycles. The molecule has 0 radical (unpaired) electrons. The van der Waals surface area contributed by atoms with Crippen LogP contribution in [0.3, 0.4) is 0 Å². The van der Waals surface area contributed by atoms with Crippen molar-refractivity contribution in [1.82, 2.24) is 9.62 Å². The average molecular weight is 398 g/mol. The van der Waals surface area contributed by atoms with E-state index < -0.39 is 26.8 Å². The minimum absolute atomic E-state index is 0.0839. The molecule has 0 bridgehead atoms. The molecule has 2 N–H and O–H groups in total. The topological polar surface area (TPSA) is 117 Å². The van der Waals surface area contributed by atoms with Gasteiger partial charge in [-0.2, -0.15) is 15.6 Å². The number of aromatic carboxylic acids is 1. The average Bonchev–Trinajstić information content (AvgIpc) is 3.31. The first-order chi connectivity index (χ1) is 12.4. The summed E-state index contributed by atoms with van der Waals surface area (Å²) < 4.78 is 31.2. The molecule has 2 aromatic heterocycles. The molecule has 1 saturated heterocycles. The molecule has 140 valence electrons. The summed E-state index contributed by atoms with van der Waals surface area (Å²) >= 11 is 1.56. The summed E-state index contributed by atoms with van der Waals surface area (Å²) in [5, 5.41) is 15.2. The lowest BCUT2D eigenvalue weighted by atomic mass is 9.97. The van der Waals surface area contributed by atoms with Crippen LogP contribution < -0.4 is 5.32 Å². The van der Waals surface area contributed by atoms with Crippen molar-refractivity contribution >= 4 is 33.2 Å². The SMILES string of the molecule is O=C(O)c1ccc(S(=O)(=O)N2CCC(C(=O)NCc3ccsc3)CC2)o1. The predicted octanol–water partition coefficient (Wildman–Crippen LogP) is 1.76. The van der Waals surface area contributed by atoms with Gasteiger partial charge in [0.2, 0.25) is 16.8 Å². The maximum Gasteiger partial charge on any atom is 0.371 e. The van der Waals surface area contributed by atoms with Gasteiger partial charge in [-0.15, -0.1) is 0 Å². The molecule has 3 heterocycles. The third-order valence-electron chi connectivity index (χ3n) is 4.26. The Kier molecular flexibility index (Phi) is 5.44. The van der Waals surface area contributed by atoms with Gasteiger partial charge in [-0.25, -0.2) is 13.2 Å². The summed E-state index contributed by atoms with van der Waals surface area (Å²) in [7, 11) is -3.90. The summed E-state index contributed by atoms with van der Waals surface area (Å²) in [6, 6.07) is 4.19. The number of rotatable bonds is 6. The highest BCUT2D eigenvalue weighted by Gasteiger charge is 2.34. The highest BCUT2D eigenvalue weighted by Crippen LogP contribution is 2.25. The Morgan fingerprint density at radius 3 is 2.58 bits per heavy atom. The van der Waals surface area contributed by atoms with E-state index >= 15 is 0 Å². The Balaban J connectivity index is 1.56. The van der Waals surface area contributed by atoms with Gasteiger partial charge >= 0.3 is 5.97 Å². The van der Waals surface area contributed by atoms with Gasteiger partial charge in [-0.3, -0.25) is 4.79 Å². The molecule has 0 aliphatic carbocycles. The molecule has 0 atom stereocenters. The Morgan fingerprint density at radius 1 is 1.27 bits per heavy atom. The van der Waals surface area contributed by atoms with Crippen molar-refractivity contribution in [3.05, 3.63) is 40.3 Å². The number of carboxylic acid groups (broad SMARTS) is 1. The molecule has 10 heteroatoms. The van der Waals surface area contributed by atoms with E-state index in [2.05, 4.69) is 5.32 Å². The molecule has 0 saturated carbocycles. The van der Waals surface area contributed by atoms with Crippen LogP contribution in [0.2, 0.25) is 0 Å². The Morgan fingerprint density at radius 2 is 2.00 bits per heavy atom. The zero-order valence-electron chi connectivity index (χ0n) is 13.8. The predicted molar refractivity (Wildman–Crippen MR) is 93.3 cm³/mol. The number of hydrogen-bond acceptors (Lipinski definition) is 6. The summed E-state index contributed by atoms with van der Waals surface area (Å²) in [6.45, 7) is 0.829. The van der Waals surface area contributed by atoms with E-state index in [0.29, 0.717) is 19.4 Å². The van der Waals surface area contributed by atoms with Gasteiger partial charge < -0.3 is 14.8 Å². The monoisotopic (exact) mass is 398 g/mol. The summed E-state index contributed by atoms with van der Waals surface area (Å²) in [4.78, 5) is 23.1. The molecule has 0 unspecified atom stereocenters. The van der Waals surface area contributed by atoms with Crippen molar-refractivity contribution in [1.29, 1.82) is 0 Å². The highest BCUT2D eigenvalue weighted by atomic mass is 32.2. The summed E-state index contributed by atoms with van der Waals surface area (Å²) in [5.41, 5.74) is 1.04. The van der Waals surface area contributed by atoms with Crippen molar-refractivity contribution in [3.8, 4) is 0 Å². The lowest BCUT2D eigenvalue weighted by Gasteiger charge is -2.29. The van der Waals surface area contributed by atoms with E-state index in [1.165, 1.54) is 4.31 Å². The van der Waals surface area contributed by atoms with Crippen LogP contribution in [-0.4, -0.2) is 42.8 Å². The number of carboxylic acids is 1. The van der Waals surface area contributed by atoms with Crippen LogP contribution >= 0.6 is 11.3 Å². The summed E-state index contributed by atoms with van der Waals surface area (Å²) in [6.07, 6.45) is 0.808. The second-order valence-corrected chi connectivity index (χ2v) is 8.60. The zero-order chi connectivity index (χ0) is 18.7. The lowest BCUT2D eigenvalue weighted by molar-refractivity contribution is -0.126. The minimum atomic E-state index is -3.90. The smallest absolute Gasteiger partial charge is 0.371 e. The van der Waals surface area contributed by atoms with Crippen LogP contribution in [0.5, 0.6) is 0 Å². The van der Waals surface area contributed by atoms with Crippen LogP contribution in [-0.2, 0) is 21.4 Å². The van der Waals surface area contributed by atoms with E-state index in [1.807, 2.05) is 16.8 Å². The van der Waals surface area contributed by atoms with Gasteiger partial charge in [-0.1, -0.05) is 0 Å². The van der Waals surface area contributed by atoms with Crippen molar-refractivity contribution in [2.45, 2.75) is 24.5 Å². The normalized spacial score (nSPS) is 16.5. The van der Waals surface area contributed by atoms with Gasteiger partial charge in [0.1, 0.15) is 0 Å². The quantitative estimate of drug-likeness (QED) is 0.766. The number of nitrogens with one attached hydrogen (secondary N) is 1. The zero-order valence-corrected chi connectivity index (χ0v) is 15.4. The maximum absolute atomic E-state index is 12.5. The summed E-state index contributed by atoms with van der Waals surface area (Å²) in [5.74, 6) is -2.08. The second kappa shape index (κ2) is 7.60. The molecule has 1 fully saturated rings. The molecular weight excluding hydrogens is 380 g/mol. The van der Waals surface area contributed by atoms with E-state index in [1.54, 1.807) is 11.3 Å². The Hall–Kier alpha value is -2.17. The molecule has 1 amide bonds. The van der Waals surface area contributed by atoms with Gasteiger partial charge in [0, 0.05) is 25.6 Å². The minimum Gasteiger partial charge on any atom is -0.475 e. The molecule has 1 aliphatic rings. The highest BCUT2D eigenvalue weighted by molar-refractivity contribution is 7.89. The Labute approximate surface area is 154 Å². The number of sulfonamides is 1. The van der Waals surface area contributed by atoms with Crippen molar-refractivity contribution in [2.75, 3.05) is 13.1 Å². The number of hydrogen-bond donors (Lipinski definition) is 2. The molecule has 0 spiro atoms. The lowest BCUT2D eigenvalue weighted by Crippen LogP contribution is -2.42. The van der Waals surface area contributed by atoms with Crippen molar-refractivity contribution in [3.63, 3.8) is 0 Å². The number of nitrogens with zero attached hydrogens (tertiary/aromatic N) is 1. The first kappa shape index (κ1) is 18.6. The number of furan rings is 1. The van der Waals surface area contributed by atoms with Crippen LogP contribution in [0.25, 0.3) is 0 Å². The number of thiophene rings is 1. The standard InChI is InChI=1S/C16H18N2O6S2/c19-15(17-9-11-5-8-25-10-11)12-3-6-18(7-4-12)26(22,23)14-2-1-13(24-14)16(20)21/h1-2,5,8,10,12H,3-4,6-7,9H2,(H,17,19)(H,20,21). The van der Waals surface area contributed by atoms with Crippen molar-refractivity contribution < 1.29 is 27.5 Å². The molecule has 26 heavy (non-hydrogen) atoms. The number of amides is 1. The third kappa shape index (κ3) is 3.97. The number of piperidine rings is 1. The van der Waals surface area contributed by atoms with E-state index in [0.717, 1.165) is 17.7 Å². The van der Waals surface area contributed by atoms with Crippen molar-refractivity contribution in [2.24, 2.45) is 5.92 Å². The fourth-order valence-corrected chi connectivity index (χ4v) is 4.84. The van der Waals surface area contributed by atoms with Crippen LogP contribution in [0.1, 0.15) is 29.0 Å². The van der Waals surface area contributed by atoms with Gasteiger partial charge in [-0.05, 0) is 47.4 Å². The number of carbonyl (C=O) groups excluding carboxylic acids is 1. The first-order valence-corrected chi connectivity index (χ1v) is 10.4. The molecule has 8 nitrogen and oxygen atoms in total. The molecule has 2 aromatic rings. The third-order valence-corrected chi connectivity index (χ3v) is 6.76. The largest absolute Gasteiger partial charge is 0.475 e. The van der Waals surface area contributed by atoms with Crippen LogP contribution in [0.4, 0.5) is 0 Å². The van der Waals surface area contributed by atoms with Gasteiger partial charge in [0.25, 0.3) is 10.0 Å². The van der Waals surface area contributed by atoms with E-state index in [4.69, 9.17) is 9.52 Å². The fourth-order valence-electron chi connectivity index (χ4n) is 2.79. The van der Waals surface area contributed by atoms with Gasteiger partial charge in [0.15, 0.2) is 0 Å². The second-order valence-electron chi connectivity index (χ2n) is 5.95. The molecular formula is C16H18N2O6S2. The molecule has 3 rings (SSSR count). The van der Waals surface area contributed by atoms with E-state index in [9.17, 15) is 18.0 Å².